The summed E-state index contributed by atoms with van der Waals surface area (Å²) in [7, 11) is -3.17. The molecule has 41 heavy (non-hydrogen) atoms. The first kappa shape index (κ1) is 30.8. The summed E-state index contributed by atoms with van der Waals surface area (Å²) in [6.07, 6.45) is 3.39. The molecule has 1 heterocycles. The highest BCUT2D eigenvalue weighted by Gasteiger charge is 2.33. The minimum absolute atomic E-state index is 0.00510. The molecule has 1 saturated heterocycles. The number of methoxy groups -OCH3 is 3. The van der Waals surface area contributed by atoms with Gasteiger partial charge in [-0.05, 0) is 78.9 Å². The van der Waals surface area contributed by atoms with E-state index in [1.807, 2.05) is 13.0 Å². The highest BCUT2D eigenvalue weighted by Crippen LogP contribution is 2.31. The molecule has 222 valence electrons. The van der Waals surface area contributed by atoms with Crippen molar-refractivity contribution in [2.24, 2.45) is 0 Å². The Morgan fingerprint density at radius 3 is 2.07 bits per heavy atom. The standard InChI is InChI=1S/C30H38N2O7S2/c1-5-25-10-6-7-18-32(25)41(35,36)28-15-13-27(14-16-28)40(33,34)31(21-23-9-8-11-26(19-23)37-2)22-24-12-17-29(38-3)30(20-24)39-4/h8-9,11-17,19-20,25H,5-7,10,18,21-22H2,1-4H3/t25-/m1/s1. The fraction of sp³-hybridized carbons (Fsp3) is 0.400. The molecule has 0 saturated carbocycles. The Balaban J connectivity index is 1.68. The fourth-order valence-corrected chi connectivity index (χ4v) is 8.33. The molecule has 0 N–H and O–H groups in total. The predicted molar refractivity (Wildman–Crippen MR) is 157 cm³/mol. The molecular weight excluding hydrogens is 564 g/mol. The van der Waals surface area contributed by atoms with Gasteiger partial charge in [-0.15, -0.1) is 0 Å². The van der Waals surface area contributed by atoms with Crippen LogP contribution in [0.3, 0.4) is 0 Å². The number of benzene rings is 3. The largest absolute Gasteiger partial charge is 0.497 e. The first-order valence-corrected chi connectivity index (χ1v) is 16.5. The fourth-order valence-electron chi connectivity index (χ4n) is 5.15. The second kappa shape index (κ2) is 13.2. The molecule has 0 bridgehead atoms. The average molecular weight is 603 g/mol. The molecule has 0 unspecified atom stereocenters. The van der Waals surface area contributed by atoms with Gasteiger partial charge >= 0.3 is 0 Å². The van der Waals surface area contributed by atoms with E-state index >= 15 is 0 Å². The van der Waals surface area contributed by atoms with Gasteiger partial charge < -0.3 is 14.2 Å². The zero-order valence-electron chi connectivity index (χ0n) is 23.9. The quantitative estimate of drug-likeness (QED) is 0.286. The molecule has 1 aliphatic rings. The Hall–Kier alpha value is -3.12. The third kappa shape index (κ3) is 6.86. The molecule has 1 atom stereocenters. The molecule has 0 radical (unpaired) electrons. The molecule has 0 amide bonds. The van der Waals surface area contributed by atoms with Gasteiger partial charge in [-0.25, -0.2) is 16.8 Å². The minimum atomic E-state index is -4.04. The number of hydrogen-bond acceptors (Lipinski definition) is 7. The summed E-state index contributed by atoms with van der Waals surface area (Å²) in [4.78, 5) is 0.0987. The van der Waals surface area contributed by atoms with Crippen LogP contribution in [-0.2, 0) is 33.1 Å². The van der Waals surface area contributed by atoms with Crippen LogP contribution >= 0.6 is 0 Å². The van der Waals surface area contributed by atoms with Crippen molar-refractivity contribution < 1.29 is 31.0 Å². The van der Waals surface area contributed by atoms with E-state index in [-0.39, 0.29) is 28.9 Å². The van der Waals surface area contributed by atoms with E-state index in [1.54, 1.807) is 47.8 Å². The van der Waals surface area contributed by atoms with E-state index in [9.17, 15) is 16.8 Å². The van der Waals surface area contributed by atoms with Gasteiger partial charge in [0.25, 0.3) is 0 Å². The van der Waals surface area contributed by atoms with E-state index in [1.165, 1.54) is 42.8 Å². The van der Waals surface area contributed by atoms with Crippen LogP contribution in [0.5, 0.6) is 17.2 Å². The van der Waals surface area contributed by atoms with E-state index in [0.29, 0.717) is 29.4 Å². The Morgan fingerprint density at radius 2 is 1.44 bits per heavy atom. The van der Waals surface area contributed by atoms with Gasteiger partial charge in [0.15, 0.2) is 11.5 Å². The van der Waals surface area contributed by atoms with Gasteiger partial charge in [-0.1, -0.05) is 31.5 Å². The van der Waals surface area contributed by atoms with Gasteiger partial charge in [-0.3, -0.25) is 0 Å². The van der Waals surface area contributed by atoms with Gasteiger partial charge in [0.05, 0.1) is 31.1 Å². The Bertz CT molecular complexity index is 1540. The van der Waals surface area contributed by atoms with Crippen LogP contribution in [0.4, 0.5) is 0 Å². The monoisotopic (exact) mass is 602 g/mol. The van der Waals surface area contributed by atoms with Crippen LogP contribution in [0.25, 0.3) is 0 Å². The van der Waals surface area contributed by atoms with E-state index in [2.05, 4.69) is 0 Å². The number of sulfonamides is 2. The summed E-state index contributed by atoms with van der Waals surface area (Å²) in [5.41, 5.74) is 1.44. The summed E-state index contributed by atoms with van der Waals surface area (Å²) in [6, 6.07) is 18.0. The summed E-state index contributed by atoms with van der Waals surface area (Å²) in [5.74, 6) is 1.64. The van der Waals surface area contributed by atoms with Crippen molar-refractivity contribution >= 4 is 20.0 Å². The normalized spacial score (nSPS) is 16.5. The van der Waals surface area contributed by atoms with Crippen LogP contribution in [0.2, 0.25) is 0 Å². The van der Waals surface area contributed by atoms with Gasteiger partial charge in [-0.2, -0.15) is 8.61 Å². The Morgan fingerprint density at radius 1 is 0.780 bits per heavy atom. The van der Waals surface area contributed by atoms with Gasteiger partial charge in [0.1, 0.15) is 5.75 Å². The lowest BCUT2D eigenvalue weighted by molar-refractivity contribution is 0.246. The molecular formula is C30H38N2O7S2. The van der Waals surface area contributed by atoms with E-state index < -0.39 is 20.0 Å². The molecule has 1 fully saturated rings. The maximum atomic E-state index is 14.0. The molecule has 9 nitrogen and oxygen atoms in total. The van der Waals surface area contributed by atoms with Crippen LogP contribution in [-0.4, -0.2) is 59.4 Å². The Kier molecular flexibility index (Phi) is 9.96. The van der Waals surface area contributed by atoms with E-state index in [4.69, 9.17) is 14.2 Å². The zero-order valence-corrected chi connectivity index (χ0v) is 25.6. The van der Waals surface area contributed by atoms with Gasteiger partial charge in [0, 0.05) is 25.7 Å². The third-order valence-electron chi connectivity index (χ3n) is 7.41. The molecule has 11 heteroatoms. The Labute approximate surface area is 243 Å². The van der Waals surface area contributed by atoms with Crippen molar-refractivity contribution in [3.8, 4) is 17.2 Å². The number of piperidine rings is 1. The lowest BCUT2D eigenvalue weighted by atomic mass is 10.0. The molecule has 0 aliphatic carbocycles. The van der Waals surface area contributed by atoms with Crippen molar-refractivity contribution in [2.75, 3.05) is 27.9 Å². The van der Waals surface area contributed by atoms with Gasteiger partial charge in [0.2, 0.25) is 20.0 Å². The van der Waals surface area contributed by atoms with Crippen LogP contribution in [0.15, 0.2) is 76.5 Å². The predicted octanol–water partition coefficient (Wildman–Crippen LogP) is 5.06. The number of ether oxygens (including phenoxy) is 3. The number of hydrogen-bond donors (Lipinski definition) is 0. The van der Waals surface area contributed by atoms with Crippen molar-refractivity contribution in [3.63, 3.8) is 0 Å². The molecule has 3 aromatic rings. The van der Waals surface area contributed by atoms with Crippen molar-refractivity contribution in [2.45, 2.75) is 61.5 Å². The second-order valence-electron chi connectivity index (χ2n) is 9.96. The second-order valence-corrected chi connectivity index (χ2v) is 13.8. The van der Waals surface area contributed by atoms with Crippen molar-refractivity contribution in [1.82, 2.24) is 8.61 Å². The first-order valence-electron chi connectivity index (χ1n) is 13.6. The summed E-state index contributed by atoms with van der Waals surface area (Å²) >= 11 is 0. The minimum Gasteiger partial charge on any atom is -0.497 e. The lowest BCUT2D eigenvalue weighted by Crippen LogP contribution is -2.43. The zero-order chi connectivity index (χ0) is 29.6. The summed E-state index contributed by atoms with van der Waals surface area (Å²) < 4.78 is 73.9. The molecule has 4 rings (SSSR count). The van der Waals surface area contributed by atoms with Crippen LogP contribution < -0.4 is 14.2 Å². The summed E-state index contributed by atoms with van der Waals surface area (Å²) in [6.45, 7) is 2.58. The molecule has 1 aliphatic heterocycles. The number of rotatable bonds is 12. The van der Waals surface area contributed by atoms with Crippen LogP contribution in [0.1, 0.15) is 43.7 Å². The highest BCUT2D eigenvalue weighted by atomic mass is 32.2. The molecule has 0 aromatic heterocycles. The van der Waals surface area contributed by atoms with Crippen molar-refractivity contribution in [1.29, 1.82) is 0 Å². The average Bonchev–Trinajstić information content (AvgIpc) is 3.00. The maximum absolute atomic E-state index is 14.0. The smallest absolute Gasteiger partial charge is 0.243 e. The highest BCUT2D eigenvalue weighted by molar-refractivity contribution is 7.89. The molecule has 0 spiro atoms. The topological polar surface area (TPSA) is 102 Å². The third-order valence-corrected chi connectivity index (χ3v) is 11.2. The van der Waals surface area contributed by atoms with Crippen molar-refractivity contribution in [3.05, 3.63) is 77.9 Å². The van der Waals surface area contributed by atoms with E-state index in [0.717, 1.165) is 31.2 Å². The summed E-state index contributed by atoms with van der Waals surface area (Å²) in [5, 5.41) is 0. The maximum Gasteiger partial charge on any atom is 0.243 e. The lowest BCUT2D eigenvalue weighted by Gasteiger charge is -2.34. The van der Waals surface area contributed by atoms with Crippen LogP contribution in [0, 0.1) is 0 Å². The first-order chi connectivity index (χ1) is 19.6. The SMILES string of the molecule is CC[C@@H]1CCCCN1S(=O)(=O)c1ccc(S(=O)(=O)N(Cc2cccc(OC)c2)Cc2ccc(OC)c(OC)c2)cc1. The molecule has 3 aromatic carbocycles. The number of nitrogens with zero attached hydrogens (tertiary/aromatic N) is 2.